The van der Waals surface area contributed by atoms with Crippen molar-refractivity contribution < 1.29 is 14.4 Å². The molecule has 1 heterocycles. The van der Waals surface area contributed by atoms with Crippen molar-refractivity contribution in [2.45, 2.75) is 32.7 Å². The standard InChI is InChI=1S/C20H23N3O3/c1-3-8-16-19(25)23(20(26)21-16)13-18(24)22(4-2)17-12-7-10-14-9-5-6-11-15(14)17/h5-7,9-12,16H,3-4,8,13H2,1-2H3,(H,21,26)/t16-/m1/s1. The molecular weight excluding hydrogens is 330 g/mol. The molecule has 6 nitrogen and oxygen atoms in total. The molecule has 0 saturated carbocycles. The predicted octanol–water partition coefficient (Wildman–Crippen LogP) is 2.91. The zero-order valence-electron chi connectivity index (χ0n) is 15.1. The average Bonchev–Trinajstić information content (AvgIpc) is 2.90. The Morgan fingerprint density at radius 2 is 1.85 bits per heavy atom. The van der Waals surface area contributed by atoms with Crippen molar-refractivity contribution in [1.29, 1.82) is 0 Å². The summed E-state index contributed by atoms with van der Waals surface area (Å²) in [5, 5.41) is 4.65. The Morgan fingerprint density at radius 3 is 2.58 bits per heavy atom. The van der Waals surface area contributed by atoms with Crippen LogP contribution in [0.4, 0.5) is 10.5 Å². The number of amides is 4. The van der Waals surface area contributed by atoms with Crippen molar-refractivity contribution in [3.8, 4) is 0 Å². The van der Waals surface area contributed by atoms with Crippen molar-refractivity contribution in [2.75, 3.05) is 18.0 Å². The number of imide groups is 1. The molecule has 4 amide bonds. The SMILES string of the molecule is CCC[C@H]1NC(=O)N(CC(=O)N(CC)c2cccc3ccccc23)C1=O. The van der Waals surface area contributed by atoms with Gasteiger partial charge in [0.15, 0.2) is 0 Å². The van der Waals surface area contributed by atoms with Crippen LogP contribution in [0.15, 0.2) is 42.5 Å². The zero-order chi connectivity index (χ0) is 18.7. The van der Waals surface area contributed by atoms with E-state index in [0.717, 1.165) is 27.8 Å². The summed E-state index contributed by atoms with van der Waals surface area (Å²) in [5.41, 5.74) is 0.785. The minimum absolute atomic E-state index is 0.248. The first-order valence-corrected chi connectivity index (χ1v) is 8.96. The lowest BCUT2D eigenvalue weighted by atomic mass is 10.1. The van der Waals surface area contributed by atoms with E-state index in [4.69, 9.17) is 0 Å². The van der Waals surface area contributed by atoms with Crippen LogP contribution in [0.1, 0.15) is 26.7 Å². The molecule has 2 aromatic carbocycles. The van der Waals surface area contributed by atoms with Crippen LogP contribution in [0.25, 0.3) is 10.8 Å². The fourth-order valence-corrected chi connectivity index (χ4v) is 3.36. The van der Waals surface area contributed by atoms with Crippen molar-refractivity contribution >= 4 is 34.3 Å². The fourth-order valence-electron chi connectivity index (χ4n) is 3.36. The van der Waals surface area contributed by atoms with Gasteiger partial charge in [-0.1, -0.05) is 49.7 Å². The number of carbonyl (C=O) groups is 3. The van der Waals surface area contributed by atoms with Crippen LogP contribution in [0.3, 0.4) is 0 Å². The Morgan fingerprint density at radius 1 is 1.12 bits per heavy atom. The molecule has 0 spiro atoms. The maximum atomic E-state index is 12.9. The van der Waals surface area contributed by atoms with Crippen LogP contribution in [-0.2, 0) is 9.59 Å². The van der Waals surface area contributed by atoms with E-state index in [1.54, 1.807) is 4.90 Å². The van der Waals surface area contributed by atoms with E-state index in [2.05, 4.69) is 5.32 Å². The number of nitrogens with zero attached hydrogens (tertiary/aromatic N) is 2. The number of hydrogen-bond acceptors (Lipinski definition) is 3. The van der Waals surface area contributed by atoms with E-state index in [-0.39, 0.29) is 18.4 Å². The van der Waals surface area contributed by atoms with Gasteiger partial charge in [-0.3, -0.25) is 14.5 Å². The second kappa shape index (κ2) is 7.56. The summed E-state index contributed by atoms with van der Waals surface area (Å²) in [5.74, 6) is -0.594. The molecule has 1 atom stereocenters. The average molecular weight is 353 g/mol. The van der Waals surface area contributed by atoms with Crippen molar-refractivity contribution in [1.82, 2.24) is 10.2 Å². The first kappa shape index (κ1) is 17.9. The molecular formula is C20H23N3O3. The molecule has 6 heteroatoms. The molecule has 0 bridgehead atoms. The predicted molar refractivity (Wildman–Crippen MR) is 101 cm³/mol. The molecule has 0 unspecified atom stereocenters. The van der Waals surface area contributed by atoms with E-state index in [1.807, 2.05) is 56.3 Å². The van der Waals surface area contributed by atoms with E-state index >= 15 is 0 Å². The molecule has 1 aliphatic rings. The smallest absolute Gasteiger partial charge is 0.325 e. The van der Waals surface area contributed by atoms with Gasteiger partial charge in [0.05, 0.1) is 5.69 Å². The quantitative estimate of drug-likeness (QED) is 0.812. The third-order valence-electron chi connectivity index (χ3n) is 4.65. The number of hydrogen-bond donors (Lipinski definition) is 1. The highest BCUT2D eigenvalue weighted by Crippen LogP contribution is 2.27. The van der Waals surface area contributed by atoms with E-state index in [9.17, 15) is 14.4 Å². The van der Waals surface area contributed by atoms with Gasteiger partial charge in [-0.15, -0.1) is 0 Å². The zero-order valence-corrected chi connectivity index (χ0v) is 15.1. The van der Waals surface area contributed by atoms with Crippen LogP contribution in [0, 0.1) is 0 Å². The van der Waals surface area contributed by atoms with Crippen molar-refractivity contribution in [3.63, 3.8) is 0 Å². The van der Waals surface area contributed by atoms with Gasteiger partial charge in [-0.25, -0.2) is 4.79 Å². The molecule has 2 aromatic rings. The summed E-state index contributed by atoms with van der Waals surface area (Å²) in [4.78, 5) is 40.0. The lowest BCUT2D eigenvalue weighted by Gasteiger charge is -2.24. The second-order valence-electron chi connectivity index (χ2n) is 6.35. The number of benzene rings is 2. The number of carbonyl (C=O) groups excluding carboxylic acids is 3. The highest BCUT2D eigenvalue weighted by molar-refractivity contribution is 6.10. The third kappa shape index (κ3) is 3.27. The number of fused-ring (bicyclic) bond motifs is 1. The normalized spacial score (nSPS) is 16.8. The maximum Gasteiger partial charge on any atom is 0.325 e. The van der Waals surface area contributed by atoms with Gasteiger partial charge in [0.1, 0.15) is 12.6 Å². The van der Waals surface area contributed by atoms with Gasteiger partial charge in [0.25, 0.3) is 5.91 Å². The number of likely N-dealkylation sites (N-methyl/N-ethyl adjacent to an activating group) is 1. The second-order valence-corrected chi connectivity index (χ2v) is 6.35. The Labute approximate surface area is 152 Å². The summed E-state index contributed by atoms with van der Waals surface area (Å²) < 4.78 is 0. The fraction of sp³-hybridized carbons (Fsp3) is 0.350. The molecule has 3 rings (SSSR count). The first-order valence-electron chi connectivity index (χ1n) is 8.96. The van der Waals surface area contributed by atoms with Gasteiger partial charge < -0.3 is 10.2 Å². The third-order valence-corrected chi connectivity index (χ3v) is 4.65. The lowest BCUT2D eigenvalue weighted by Crippen LogP contribution is -2.43. The van der Waals surface area contributed by atoms with Gasteiger partial charge >= 0.3 is 6.03 Å². The number of urea groups is 1. The van der Waals surface area contributed by atoms with Crippen LogP contribution >= 0.6 is 0 Å². The Hall–Kier alpha value is -2.89. The highest BCUT2D eigenvalue weighted by Gasteiger charge is 2.39. The minimum atomic E-state index is -0.520. The first-order chi connectivity index (χ1) is 12.6. The number of nitrogens with one attached hydrogen (secondary N) is 1. The summed E-state index contributed by atoms with van der Waals surface area (Å²) in [6.45, 7) is 4.04. The van der Waals surface area contributed by atoms with Crippen LogP contribution in [0.2, 0.25) is 0 Å². The minimum Gasteiger partial charge on any atom is -0.326 e. The van der Waals surface area contributed by atoms with Gasteiger partial charge in [-0.2, -0.15) is 0 Å². The lowest BCUT2D eigenvalue weighted by molar-refractivity contribution is -0.131. The molecule has 0 radical (unpaired) electrons. The molecule has 0 aromatic heterocycles. The molecule has 1 fully saturated rings. The van der Waals surface area contributed by atoms with Gasteiger partial charge in [-0.05, 0) is 24.8 Å². The van der Waals surface area contributed by atoms with Crippen molar-refractivity contribution in [3.05, 3.63) is 42.5 Å². The summed E-state index contributed by atoms with van der Waals surface area (Å²) >= 11 is 0. The molecule has 0 aliphatic carbocycles. The van der Waals surface area contributed by atoms with E-state index in [1.165, 1.54) is 0 Å². The summed E-state index contributed by atoms with van der Waals surface area (Å²) in [7, 11) is 0. The van der Waals surface area contributed by atoms with Crippen LogP contribution in [-0.4, -0.2) is 41.9 Å². The molecule has 1 aliphatic heterocycles. The molecule has 26 heavy (non-hydrogen) atoms. The molecule has 136 valence electrons. The van der Waals surface area contributed by atoms with Crippen molar-refractivity contribution in [2.24, 2.45) is 0 Å². The number of anilines is 1. The van der Waals surface area contributed by atoms with Gasteiger partial charge in [0, 0.05) is 11.9 Å². The highest BCUT2D eigenvalue weighted by atomic mass is 16.2. The van der Waals surface area contributed by atoms with Gasteiger partial charge in [0.2, 0.25) is 5.91 Å². The Balaban J connectivity index is 1.83. The summed E-state index contributed by atoms with van der Waals surface area (Å²) in [6.07, 6.45) is 1.37. The topological polar surface area (TPSA) is 69.7 Å². The Kier molecular flexibility index (Phi) is 5.21. The largest absolute Gasteiger partial charge is 0.326 e. The summed E-state index contributed by atoms with van der Waals surface area (Å²) in [6, 6.07) is 12.6. The van der Waals surface area contributed by atoms with E-state index in [0.29, 0.717) is 13.0 Å². The van der Waals surface area contributed by atoms with Crippen LogP contribution < -0.4 is 10.2 Å². The maximum absolute atomic E-state index is 12.9. The van der Waals surface area contributed by atoms with Crippen LogP contribution in [0.5, 0.6) is 0 Å². The van der Waals surface area contributed by atoms with E-state index < -0.39 is 12.1 Å². The Bertz CT molecular complexity index is 844. The monoisotopic (exact) mass is 353 g/mol. The number of rotatable bonds is 6. The molecule has 1 saturated heterocycles. The molecule has 1 N–H and O–H groups in total.